The van der Waals surface area contributed by atoms with Crippen LogP contribution in [0.25, 0.3) is 0 Å². The van der Waals surface area contributed by atoms with Crippen molar-refractivity contribution in [1.82, 2.24) is 0 Å². The summed E-state index contributed by atoms with van der Waals surface area (Å²) in [7, 11) is -3.83. The molecule has 0 radical (unpaired) electrons. The third kappa shape index (κ3) is 3.51. The minimum Gasteiger partial charge on any atom is -0.398 e. The van der Waals surface area contributed by atoms with Gasteiger partial charge in [-0.15, -0.1) is 0 Å². The Kier molecular flexibility index (Phi) is 4.13. The van der Waals surface area contributed by atoms with Crippen molar-refractivity contribution in [3.63, 3.8) is 0 Å². The van der Waals surface area contributed by atoms with Crippen LogP contribution < -0.4 is 15.8 Å². The summed E-state index contributed by atoms with van der Waals surface area (Å²) in [5.74, 6) is -0.291. The summed E-state index contributed by atoms with van der Waals surface area (Å²) in [6.45, 7) is 1.35. The zero-order valence-electron chi connectivity index (χ0n) is 11.3. The highest BCUT2D eigenvalue weighted by Crippen LogP contribution is 2.26. The molecule has 0 aliphatic heterocycles. The Labute approximate surface area is 123 Å². The minimum absolute atomic E-state index is 0.0115. The van der Waals surface area contributed by atoms with Gasteiger partial charge in [0.1, 0.15) is 4.90 Å². The van der Waals surface area contributed by atoms with E-state index in [9.17, 15) is 13.2 Å². The molecule has 4 N–H and O–H groups in total. The number of nitrogens with one attached hydrogen (secondary N) is 2. The van der Waals surface area contributed by atoms with Crippen LogP contribution in [0.3, 0.4) is 0 Å². The van der Waals surface area contributed by atoms with Crippen LogP contribution in [-0.2, 0) is 14.8 Å². The molecule has 0 heterocycles. The number of hydrogen-bond donors (Lipinski definition) is 3. The Bertz CT molecular complexity index is 773. The Morgan fingerprint density at radius 2 is 1.57 bits per heavy atom. The van der Waals surface area contributed by atoms with Crippen molar-refractivity contribution in [2.24, 2.45) is 0 Å². The molecule has 0 unspecified atom stereocenters. The molecule has 110 valence electrons. The molecule has 0 aliphatic carbocycles. The Balaban J connectivity index is 2.38. The Morgan fingerprint density at radius 3 is 2.19 bits per heavy atom. The lowest BCUT2D eigenvalue weighted by Gasteiger charge is -2.13. The van der Waals surface area contributed by atoms with Crippen molar-refractivity contribution in [3.8, 4) is 0 Å². The highest BCUT2D eigenvalue weighted by molar-refractivity contribution is 7.92. The number of hydrogen-bond acceptors (Lipinski definition) is 4. The van der Waals surface area contributed by atoms with Crippen LogP contribution in [0.4, 0.5) is 17.1 Å². The quantitative estimate of drug-likeness (QED) is 0.752. The van der Waals surface area contributed by atoms with E-state index >= 15 is 0 Å². The Hall–Kier alpha value is -2.54. The van der Waals surface area contributed by atoms with Crippen LogP contribution in [0.5, 0.6) is 0 Å². The molecule has 2 aromatic carbocycles. The smallest absolute Gasteiger partial charge is 0.264 e. The first-order valence-electron chi connectivity index (χ1n) is 6.14. The molecule has 0 aromatic heterocycles. The number of benzene rings is 2. The number of nitrogen functional groups attached to an aromatic ring is 1. The molecule has 2 aromatic rings. The molecule has 0 saturated heterocycles. The normalized spacial score (nSPS) is 10.9. The van der Waals surface area contributed by atoms with E-state index in [-0.39, 0.29) is 22.2 Å². The van der Waals surface area contributed by atoms with E-state index in [1.807, 2.05) is 0 Å². The van der Waals surface area contributed by atoms with E-state index in [0.717, 1.165) is 0 Å². The van der Waals surface area contributed by atoms with Gasteiger partial charge < -0.3 is 11.1 Å². The van der Waals surface area contributed by atoms with Crippen LogP contribution in [0.1, 0.15) is 6.92 Å². The number of para-hydroxylation sites is 3. The third-order valence-corrected chi connectivity index (χ3v) is 4.13. The first-order valence-corrected chi connectivity index (χ1v) is 7.62. The molecule has 2 rings (SSSR count). The first kappa shape index (κ1) is 14.9. The second kappa shape index (κ2) is 5.84. The van der Waals surface area contributed by atoms with Gasteiger partial charge in [0.2, 0.25) is 5.91 Å². The van der Waals surface area contributed by atoms with Gasteiger partial charge in [0.25, 0.3) is 10.0 Å². The predicted molar refractivity (Wildman–Crippen MR) is 82.4 cm³/mol. The number of rotatable bonds is 4. The summed E-state index contributed by atoms with van der Waals surface area (Å²) < 4.78 is 27.1. The topological polar surface area (TPSA) is 101 Å². The molecule has 1 amide bonds. The summed E-state index contributed by atoms with van der Waals surface area (Å²) >= 11 is 0. The lowest BCUT2D eigenvalue weighted by molar-refractivity contribution is -0.114. The van der Waals surface area contributed by atoms with Crippen molar-refractivity contribution >= 4 is 33.0 Å². The van der Waals surface area contributed by atoms with Gasteiger partial charge in [-0.25, -0.2) is 8.42 Å². The standard InChI is InChI=1S/C14H15N3O3S/c1-10(18)16-12-7-3-4-8-13(12)17-21(19,20)14-9-5-2-6-11(14)15/h2-9,17H,15H2,1H3,(H,16,18). The van der Waals surface area contributed by atoms with Crippen LogP contribution in [0.15, 0.2) is 53.4 Å². The minimum atomic E-state index is -3.83. The molecule has 6 nitrogen and oxygen atoms in total. The molecular formula is C14H15N3O3S. The second-order valence-corrected chi connectivity index (χ2v) is 6.02. The van der Waals surface area contributed by atoms with E-state index < -0.39 is 10.0 Å². The van der Waals surface area contributed by atoms with Gasteiger partial charge in [-0.3, -0.25) is 9.52 Å². The number of sulfonamides is 1. The molecule has 0 bridgehead atoms. The fourth-order valence-corrected chi connectivity index (χ4v) is 3.01. The van der Waals surface area contributed by atoms with Gasteiger partial charge in [0.05, 0.1) is 17.1 Å². The molecule has 0 aliphatic rings. The molecule has 21 heavy (non-hydrogen) atoms. The van der Waals surface area contributed by atoms with Gasteiger partial charge in [-0.05, 0) is 24.3 Å². The molecular weight excluding hydrogens is 290 g/mol. The lowest BCUT2D eigenvalue weighted by Crippen LogP contribution is -2.16. The highest BCUT2D eigenvalue weighted by Gasteiger charge is 2.18. The molecule has 0 atom stereocenters. The average Bonchev–Trinajstić information content (AvgIpc) is 2.40. The van der Waals surface area contributed by atoms with Crippen molar-refractivity contribution < 1.29 is 13.2 Å². The van der Waals surface area contributed by atoms with Gasteiger partial charge in [0, 0.05) is 6.92 Å². The summed E-state index contributed by atoms with van der Waals surface area (Å²) in [6.07, 6.45) is 0. The second-order valence-electron chi connectivity index (χ2n) is 4.37. The monoisotopic (exact) mass is 305 g/mol. The summed E-state index contributed by atoms with van der Waals surface area (Å²) in [5, 5.41) is 2.56. The maximum Gasteiger partial charge on any atom is 0.264 e. The van der Waals surface area contributed by atoms with Crippen LogP contribution in [0, 0.1) is 0 Å². The van der Waals surface area contributed by atoms with Crippen LogP contribution in [-0.4, -0.2) is 14.3 Å². The van der Waals surface area contributed by atoms with Crippen molar-refractivity contribution in [1.29, 1.82) is 0 Å². The van der Waals surface area contributed by atoms with Crippen LogP contribution >= 0.6 is 0 Å². The first-order chi connectivity index (χ1) is 9.90. The Morgan fingerprint density at radius 1 is 1.00 bits per heavy atom. The number of carbonyl (C=O) groups is 1. The predicted octanol–water partition coefficient (Wildman–Crippen LogP) is 2.03. The van der Waals surface area contributed by atoms with E-state index in [0.29, 0.717) is 5.69 Å². The maximum absolute atomic E-state index is 12.4. The van der Waals surface area contributed by atoms with E-state index in [1.54, 1.807) is 36.4 Å². The zero-order valence-corrected chi connectivity index (χ0v) is 12.1. The summed E-state index contributed by atoms with van der Waals surface area (Å²) in [6, 6.07) is 12.7. The zero-order chi connectivity index (χ0) is 15.5. The number of anilines is 3. The summed E-state index contributed by atoms with van der Waals surface area (Å²) in [4.78, 5) is 11.1. The lowest BCUT2D eigenvalue weighted by atomic mass is 10.3. The van der Waals surface area contributed by atoms with Gasteiger partial charge in [-0.1, -0.05) is 24.3 Å². The van der Waals surface area contributed by atoms with Crippen molar-refractivity contribution in [2.45, 2.75) is 11.8 Å². The highest BCUT2D eigenvalue weighted by atomic mass is 32.2. The fourth-order valence-electron chi connectivity index (χ4n) is 1.80. The molecule has 0 fully saturated rings. The third-order valence-electron chi connectivity index (χ3n) is 2.69. The van der Waals surface area contributed by atoms with Gasteiger partial charge in [-0.2, -0.15) is 0 Å². The number of carbonyl (C=O) groups excluding carboxylic acids is 1. The number of amides is 1. The molecule has 7 heteroatoms. The van der Waals surface area contributed by atoms with E-state index in [2.05, 4.69) is 10.0 Å². The molecule has 0 spiro atoms. The maximum atomic E-state index is 12.4. The van der Waals surface area contributed by atoms with Crippen molar-refractivity contribution in [3.05, 3.63) is 48.5 Å². The van der Waals surface area contributed by atoms with Gasteiger partial charge >= 0.3 is 0 Å². The van der Waals surface area contributed by atoms with E-state index in [1.165, 1.54) is 19.1 Å². The van der Waals surface area contributed by atoms with Crippen molar-refractivity contribution in [2.75, 3.05) is 15.8 Å². The van der Waals surface area contributed by atoms with Crippen LogP contribution in [0.2, 0.25) is 0 Å². The van der Waals surface area contributed by atoms with Gasteiger partial charge in [0.15, 0.2) is 0 Å². The largest absolute Gasteiger partial charge is 0.398 e. The van der Waals surface area contributed by atoms with E-state index in [4.69, 9.17) is 5.73 Å². The SMILES string of the molecule is CC(=O)Nc1ccccc1NS(=O)(=O)c1ccccc1N. The summed E-state index contributed by atoms with van der Waals surface area (Å²) in [5.41, 5.74) is 6.50. The number of nitrogens with two attached hydrogens (primary N) is 1. The fraction of sp³-hybridized carbons (Fsp3) is 0.0714. The molecule has 0 saturated carbocycles. The average molecular weight is 305 g/mol.